The van der Waals surface area contributed by atoms with Crippen LogP contribution in [0.1, 0.15) is 29.2 Å². The average Bonchev–Trinajstić information content (AvgIpc) is 2.73. The zero-order valence-corrected chi connectivity index (χ0v) is 16.6. The van der Waals surface area contributed by atoms with Gasteiger partial charge >= 0.3 is 5.97 Å². The van der Waals surface area contributed by atoms with E-state index in [1.807, 2.05) is 36.4 Å². The van der Waals surface area contributed by atoms with Crippen molar-refractivity contribution >= 4 is 11.9 Å². The van der Waals surface area contributed by atoms with Crippen LogP contribution in [0.15, 0.2) is 42.5 Å². The number of hydrogen-bond donors (Lipinski definition) is 1. The summed E-state index contributed by atoms with van der Waals surface area (Å²) >= 11 is 0. The molecule has 1 aliphatic rings. The molecule has 1 amide bonds. The fourth-order valence-electron chi connectivity index (χ4n) is 3.63. The van der Waals surface area contributed by atoms with Crippen molar-refractivity contribution in [3.63, 3.8) is 0 Å². The number of benzene rings is 2. The molecule has 0 spiro atoms. The molecule has 0 saturated heterocycles. The quantitative estimate of drug-likeness (QED) is 0.735. The van der Waals surface area contributed by atoms with Crippen LogP contribution >= 0.6 is 0 Å². The molecule has 0 aliphatic carbocycles. The van der Waals surface area contributed by atoms with Crippen molar-refractivity contribution in [3.05, 3.63) is 59.2 Å². The van der Waals surface area contributed by atoms with E-state index >= 15 is 0 Å². The van der Waals surface area contributed by atoms with Gasteiger partial charge in [0.25, 0.3) is 0 Å². The molecule has 0 aromatic heterocycles. The number of aliphatic carboxylic acids is 1. The van der Waals surface area contributed by atoms with E-state index in [-0.39, 0.29) is 18.9 Å². The molecule has 7 heteroatoms. The number of carbonyl (C=O) groups excluding carboxylic acids is 1. The Labute approximate surface area is 169 Å². The fourth-order valence-corrected chi connectivity index (χ4v) is 3.63. The Balaban J connectivity index is 1.78. The number of nitrogens with zero attached hydrogens (tertiary/aromatic N) is 1. The van der Waals surface area contributed by atoms with Gasteiger partial charge in [-0.2, -0.15) is 0 Å². The summed E-state index contributed by atoms with van der Waals surface area (Å²) in [6, 6.07) is 12.6. The first kappa shape index (κ1) is 20.7. The molecule has 1 atom stereocenters. The lowest BCUT2D eigenvalue weighted by atomic mass is 9.90. The lowest BCUT2D eigenvalue weighted by Gasteiger charge is -2.37. The van der Waals surface area contributed by atoms with Gasteiger partial charge in [0.1, 0.15) is 6.61 Å². The van der Waals surface area contributed by atoms with Crippen LogP contribution in [0.3, 0.4) is 0 Å². The Kier molecular flexibility index (Phi) is 6.72. The summed E-state index contributed by atoms with van der Waals surface area (Å²) in [5.74, 6) is -0.101. The van der Waals surface area contributed by atoms with Crippen molar-refractivity contribution in [2.24, 2.45) is 0 Å². The van der Waals surface area contributed by atoms with Gasteiger partial charge in [0.2, 0.25) is 5.91 Å². The molecule has 2 aromatic rings. The molecule has 0 radical (unpaired) electrons. The molecule has 1 N–H and O–H groups in total. The number of rotatable bonds is 8. The minimum atomic E-state index is -0.972. The number of amides is 1. The van der Waals surface area contributed by atoms with Crippen LogP contribution in [-0.2, 0) is 27.4 Å². The molecule has 2 aromatic carbocycles. The molecule has 7 nitrogen and oxygen atoms in total. The molecule has 1 heterocycles. The highest BCUT2D eigenvalue weighted by Gasteiger charge is 2.33. The van der Waals surface area contributed by atoms with Crippen LogP contribution in [0.4, 0.5) is 0 Å². The van der Waals surface area contributed by atoms with Crippen molar-refractivity contribution in [3.8, 4) is 11.5 Å². The van der Waals surface area contributed by atoms with E-state index in [0.29, 0.717) is 31.1 Å². The maximum atomic E-state index is 12.8. The van der Waals surface area contributed by atoms with E-state index in [9.17, 15) is 14.7 Å². The topological polar surface area (TPSA) is 85.3 Å². The predicted molar refractivity (Wildman–Crippen MR) is 106 cm³/mol. The molecule has 154 valence electrons. The van der Waals surface area contributed by atoms with Crippen molar-refractivity contribution < 1.29 is 28.9 Å². The highest BCUT2D eigenvalue weighted by molar-refractivity contribution is 5.79. The van der Waals surface area contributed by atoms with Crippen molar-refractivity contribution in [1.29, 1.82) is 0 Å². The number of fused-ring (bicyclic) bond motifs is 1. The zero-order chi connectivity index (χ0) is 20.8. The molecule has 0 bridgehead atoms. The zero-order valence-electron chi connectivity index (χ0n) is 16.6. The third kappa shape index (κ3) is 4.86. The first-order valence-corrected chi connectivity index (χ1v) is 9.41. The van der Waals surface area contributed by atoms with Crippen molar-refractivity contribution in [1.82, 2.24) is 4.90 Å². The fraction of sp³-hybridized carbons (Fsp3) is 0.364. The maximum absolute atomic E-state index is 12.8. The summed E-state index contributed by atoms with van der Waals surface area (Å²) in [6.07, 6.45) is 0.420. The first-order chi connectivity index (χ1) is 14.0. The second kappa shape index (κ2) is 9.43. The van der Waals surface area contributed by atoms with Crippen LogP contribution in [0, 0.1) is 0 Å². The molecule has 29 heavy (non-hydrogen) atoms. The largest absolute Gasteiger partial charge is 0.493 e. The van der Waals surface area contributed by atoms with Gasteiger partial charge in [-0.25, -0.2) is 0 Å². The van der Waals surface area contributed by atoms with E-state index in [2.05, 4.69) is 0 Å². The van der Waals surface area contributed by atoms with Gasteiger partial charge in [0, 0.05) is 6.54 Å². The highest BCUT2D eigenvalue weighted by atomic mass is 16.5. The lowest BCUT2D eigenvalue weighted by Crippen LogP contribution is -2.42. The number of carbonyl (C=O) groups is 2. The third-order valence-corrected chi connectivity index (χ3v) is 5.03. The van der Waals surface area contributed by atoms with Gasteiger partial charge in [0.05, 0.1) is 33.3 Å². The van der Waals surface area contributed by atoms with Crippen LogP contribution in [-0.4, -0.2) is 49.3 Å². The number of hydrogen-bond acceptors (Lipinski definition) is 5. The molecule has 0 saturated carbocycles. The minimum Gasteiger partial charge on any atom is -0.493 e. The summed E-state index contributed by atoms with van der Waals surface area (Å²) in [5, 5.41) is 9.42. The Hall–Kier alpha value is -3.06. The summed E-state index contributed by atoms with van der Waals surface area (Å²) in [4.78, 5) is 25.9. The number of ether oxygens (including phenoxy) is 3. The normalized spacial score (nSPS) is 15.5. The van der Waals surface area contributed by atoms with E-state index in [1.165, 1.54) is 7.11 Å². The van der Waals surface area contributed by atoms with Crippen LogP contribution in [0.25, 0.3) is 0 Å². The van der Waals surface area contributed by atoms with Crippen LogP contribution < -0.4 is 9.47 Å². The summed E-state index contributed by atoms with van der Waals surface area (Å²) in [7, 11) is 3.08. The summed E-state index contributed by atoms with van der Waals surface area (Å²) < 4.78 is 16.3. The van der Waals surface area contributed by atoms with Gasteiger partial charge in [-0.05, 0) is 35.2 Å². The van der Waals surface area contributed by atoms with Crippen molar-refractivity contribution in [2.75, 3.05) is 27.4 Å². The Bertz CT molecular complexity index is 867. The average molecular weight is 399 g/mol. The molecule has 3 rings (SSSR count). The molecule has 0 fully saturated rings. The van der Waals surface area contributed by atoms with E-state index in [4.69, 9.17) is 14.2 Å². The van der Waals surface area contributed by atoms with Gasteiger partial charge in [-0.1, -0.05) is 30.3 Å². The second-order valence-electron chi connectivity index (χ2n) is 6.84. The summed E-state index contributed by atoms with van der Waals surface area (Å²) in [5.41, 5.74) is 2.71. The summed E-state index contributed by atoms with van der Waals surface area (Å²) in [6.45, 7) is 0.646. The van der Waals surface area contributed by atoms with Gasteiger partial charge in [-0.3, -0.25) is 9.59 Å². The maximum Gasteiger partial charge on any atom is 0.305 e. The molecular weight excluding hydrogens is 374 g/mol. The Morgan fingerprint density at radius 2 is 1.79 bits per heavy atom. The molecular formula is C22H25NO6. The van der Waals surface area contributed by atoms with Crippen LogP contribution in [0.2, 0.25) is 0 Å². The standard InChI is InChI=1S/C22H25NO6/c1-27-19-10-16-8-9-23(18(12-22(25)26)17(16)11-20(19)28-2)21(24)14-29-13-15-6-4-3-5-7-15/h3-7,10-11,18H,8-9,12-14H2,1-2H3,(H,25,26)/t18-/m0/s1. The Morgan fingerprint density at radius 1 is 1.10 bits per heavy atom. The highest BCUT2D eigenvalue weighted by Crippen LogP contribution is 2.39. The van der Waals surface area contributed by atoms with Crippen LogP contribution in [0.5, 0.6) is 11.5 Å². The van der Waals surface area contributed by atoms with E-state index in [0.717, 1.165) is 16.7 Å². The molecule has 0 unspecified atom stereocenters. The minimum absolute atomic E-state index is 0.104. The SMILES string of the molecule is COc1cc2c(cc1OC)[C@H](CC(=O)O)N(C(=O)COCc1ccccc1)CC2. The predicted octanol–water partition coefficient (Wildman–Crippen LogP) is 2.82. The monoisotopic (exact) mass is 399 g/mol. The second-order valence-corrected chi connectivity index (χ2v) is 6.84. The van der Waals surface area contributed by atoms with Gasteiger partial charge in [-0.15, -0.1) is 0 Å². The molecule has 1 aliphatic heterocycles. The smallest absolute Gasteiger partial charge is 0.305 e. The third-order valence-electron chi connectivity index (χ3n) is 5.03. The van der Waals surface area contributed by atoms with Gasteiger partial charge in [0.15, 0.2) is 11.5 Å². The van der Waals surface area contributed by atoms with Crippen molar-refractivity contribution in [2.45, 2.75) is 25.5 Å². The first-order valence-electron chi connectivity index (χ1n) is 9.41. The van der Waals surface area contributed by atoms with Gasteiger partial charge < -0.3 is 24.2 Å². The lowest BCUT2D eigenvalue weighted by molar-refractivity contribution is -0.144. The Morgan fingerprint density at radius 3 is 2.45 bits per heavy atom. The number of carboxylic acid groups (broad SMARTS) is 1. The van der Waals surface area contributed by atoms with E-state index in [1.54, 1.807) is 18.1 Å². The number of carboxylic acids is 1. The number of methoxy groups -OCH3 is 2. The van der Waals surface area contributed by atoms with E-state index < -0.39 is 12.0 Å².